The van der Waals surface area contributed by atoms with Gasteiger partial charge in [0, 0.05) is 55.8 Å². The molecule has 8 nitrogen and oxygen atoms in total. The van der Waals surface area contributed by atoms with Gasteiger partial charge in [-0.2, -0.15) is 13.2 Å². The van der Waals surface area contributed by atoms with Crippen molar-refractivity contribution in [3.05, 3.63) is 23.1 Å². The zero-order chi connectivity index (χ0) is 24.5. The summed E-state index contributed by atoms with van der Waals surface area (Å²) in [6.07, 6.45) is -0.828. The zero-order valence-corrected chi connectivity index (χ0v) is 20.2. The normalized spacial score (nSPS) is 24.9. The van der Waals surface area contributed by atoms with Crippen molar-refractivity contribution < 1.29 is 27.3 Å². The van der Waals surface area contributed by atoms with E-state index in [1.54, 1.807) is 11.0 Å². The van der Waals surface area contributed by atoms with Gasteiger partial charge in [-0.25, -0.2) is 0 Å². The minimum Gasteiger partial charge on any atom is -0.351 e. The highest BCUT2D eigenvalue weighted by atomic mass is 32.2. The van der Waals surface area contributed by atoms with Crippen molar-refractivity contribution >= 4 is 28.5 Å². The molecule has 0 spiro atoms. The average molecular weight is 502 g/mol. The molecule has 1 aromatic heterocycles. The summed E-state index contributed by atoms with van der Waals surface area (Å²) in [5.41, 5.74) is 0.0702. The molecule has 4 rings (SSSR count). The van der Waals surface area contributed by atoms with E-state index in [9.17, 15) is 22.8 Å². The number of hydrogen-bond donors (Lipinski definition) is 1. The molecule has 34 heavy (non-hydrogen) atoms. The third-order valence-electron chi connectivity index (χ3n) is 6.54. The molecule has 12 heteroatoms. The molecule has 0 aliphatic carbocycles. The largest absolute Gasteiger partial charge is 0.452 e. The van der Waals surface area contributed by atoms with Crippen LogP contribution in [0.15, 0.2) is 10.6 Å². The van der Waals surface area contributed by atoms with E-state index < -0.39 is 17.2 Å². The van der Waals surface area contributed by atoms with Gasteiger partial charge >= 0.3 is 6.18 Å². The maximum Gasteiger partial charge on any atom is 0.452 e. The number of thioether (sulfide) groups is 1. The van der Waals surface area contributed by atoms with E-state index >= 15 is 0 Å². The van der Waals surface area contributed by atoms with Gasteiger partial charge in [0.25, 0.3) is 0 Å². The first-order valence-corrected chi connectivity index (χ1v) is 12.4. The summed E-state index contributed by atoms with van der Waals surface area (Å²) < 4.78 is 43.6. The number of likely N-dealkylation sites (N-methyl/N-ethyl adjacent to an activating group) is 1. The molecule has 0 radical (unpaired) electrons. The first kappa shape index (κ1) is 25.1. The molecule has 188 valence electrons. The highest BCUT2D eigenvalue weighted by Crippen LogP contribution is 2.43. The van der Waals surface area contributed by atoms with Crippen LogP contribution in [0.3, 0.4) is 0 Å². The number of piperazine rings is 1. The van der Waals surface area contributed by atoms with Crippen molar-refractivity contribution in [3.63, 3.8) is 0 Å². The number of rotatable bonds is 5. The SMILES string of the molecule is Cc1c(C2=CCC(C(=O)N3CCCC(NC(=O)CN4CCN(C)CC4)C3)S2)noc1C(F)(F)F. The number of nitrogens with one attached hydrogen (secondary N) is 1. The summed E-state index contributed by atoms with van der Waals surface area (Å²) >= 11 is 1.22. The molecular weight excluding hydrogens is 471 g/mol. The predicted octanol–water partition coefficient (Wildman–Crippen LogP) is 2.20. The lowest BCUT2D eigenvalue weighted by Crippen LogP contribution is -2.54. The smallest absolute Gasteiger partial charge is 0.351 e. The summed E-state index contributed by atoms with van der Waals surface area (Å²) in [6.45, 7) is 6.36. The Morgan fingerprint density at radius 3 is 2.65 bits per heavy atom. The van der Waals surface area contributed by atoms with Gasteiger partial charge in [-0.3, -0.25) is 14.5 Å². The molecule has 0 saturated carbocycles. The number of alkyl halides is 3. The molecule has 2 amide bonds. The number of carbonyl (C=O) groups is 2. The van der Waals surface area contributed by atoms with E-state index in [4.69, 9.17) is 0 Å². The quantitative estimate of drug-likeness (QED) is 0.663. The molecular formula is C22H30F3N5O3S. The van der Waals surface area contributed by atoms with Crippen molar-refractivity contribution in [1.82, 2.24) is 25.2 Å². The Hall–Kier alpha value is -2.05. The lowest BCUT2D eigenvalue weighted by Gasteiger charge is -2.35. The number of nitrogens with zero attached hydrogens (tertiary/aromatic N) is 4. The monoisotopic (exact) mass is 501 g/mol. The van der Waals surface area contributed by atoms with Crippen LogP contribution in [0.1, 0.15) is 36.3 Å². The second-order valence-corrected chi connectivity index (χ2v) is 10.4. The van der Waals surface area contributed by atoms with Gasteiger partial charge in [0.1, 0.15) is 5.69 Å². The number of allylic oxidation sites excluding steroid dienone is 1. The zero-order valence-electron chi connectivity index (χ0n) is 19.4. The Labute approximate surface area is 200 Å². The van der Waals surface area contributed by atoms with Crippen LogP contribution in [0.4, 0.5) is 13.2 Å². The Kier molecular flexibility index (Phi) is 7.58. The van der Waals surface area contributed by atoms with Crippen LogP contribution in [0.2, 0.25) is 0 Å². The number of amides is 2. The third kappa shape index (κ3) is 5.77. The average Bonchev–Trinajstić information content (AvgIpc) is 3.41. The van der Waals surface area contributed by atoms with Crippen molar-refractivity contribution in [1.29, 1.82) is 0 Å². The molecule has 0 aromatic carbocycles. The van der Waals surface area contributed by atoms with Gasteiger partial charge in [0.15, 0.2) is 0 Å². The van der Waals surface area contributed by atoms with E-state index in [0.29, 0.717) is 31.0 Å². The molecule has 3 aliphatic rings. The molecule has 1 N–H and O–H groups in total. The second kappa shape index (κ2) is 10.3. The Morgan fingerprint density at radius 2 is 1.97 bits per heavy atom. The summed E-state index contributed by atoms with van der Waals surface area (Å²) in [6, 6.07) is -0.0939. The van der Waals surface area contributed by atoms with Gasteiger partial charge < -0.3 is 19.6 Å². The lowest BCUT2D eigenvalue weighted by molar-refractivity contribution is -0.156. The first-order chi connectivity index (χ1) is 16.1. The second-order valence-electron chi connectivity index (χ2n) is 9.16. The highest BCUT2D eigenvalue weighted by molar-refractivity contribution is 8.09. The fraction of sp³-hybridized carbons (Fsp3) is 0.682. The Morgan fingerprint density at radius 1 is 1.24 bits per heavy atom. The number of halogens is 3. The first-order valence-electron chi connectivity index (χ1n) is 11.5. The molecule has 4 heterocycles. The predicted molar refractivity (Wildman–Crippen MR) is 122 cm³/mol. The van der Waals surface area contributed by atoms with Crippen molar-refractivity contribution in [2.24, 2.45) is 0 Å². The van der Waals surface area contributed by atoms with Crippen LogP contribution in [0.5, 0.6) is 0 Å². The number of carbonyl (C=O) groups excluding carboxylic acids is 2. The van der Waals surface area contributed by atoms with E-state index in [0.717, 1.165) is 39.0 Å². The third-order valence-corrected chi connectivity index (χ3v) is 7.83. The maximum absolute atomic E-state index is 13.1. The van der Waals surface area contributed by atoms with E-state index in [1.807, 2.05) is 0 Å². The highest BCUT2D eigenvalue weighted by Gasteiger charge is 2.40. The number of hydrogen-bond acceptors (Lipinski definition) is 7. The van der Waals surface area contributed by atoms with Crippen LogP contribution in [0, 0.1) is 6.92 Å². The fourth-order valence-corrected chi connectivity index (χ4v) is 5.82. The Balaban J connectivity index is 1.28. The summed E-state index contributed by atoms with van der Waals surface area (Å²) in [7, 11) is 2.07. The van der Waals surface area contributed by atoms with Gasteiger partial charge in [-0.15, -0.1) is 11.8 Å². The van der Waals surface area contributed by atoms with Crippen LogP contribution in [-0.4, -0.2) is 95.8 Å². The molecule has 3 aliphatic heterocycles. The van der Waals surface area contributed by atoms with Crippen molar-refractivity contribution in [3.8, 4) is 0 Å². The fourth-order valence-electron chi connectivity index (χ4n) is 4.58. The maximum atomic E-state index is 13.1. The Bertz CT molecular complexity index is 943. The van der Waals surface area contributed by atoms with Crippen LogP contribution >= 0.6 is 11.8 Å². The van der Waals surface area contributed by atoms with E-state index in [1.165, 1.54) is 18.7 Å². The van der Waals surface area contributed by atoms with Gasteiger partial charge in [0.05, 0.1) is 11.8 Å². The van der Waals surface area contributed by atoms with Gasteiger partial charge in [-0.1, -0.05) is 11.2 Å². The van der Waals surface area contributed by atoms with Crippen LogP contribution < -0.4 is 5.32 Å². The van der Waals surface area contributed by atoms with E-state index in [2.05, 4.69) is 31.8 Å². The van der Waals surface area contributed by atoms with Gasteiger partial charge in [-0.05, 0) is 33.2 Å². The molecule has 2 saturated heterocycles. The minimum absolute atomic E-state index is 0.0231. The summed E-state index contributed by atoms with van der Waals surface area (Å²) in [4.78, 5) is 32.3. The lowest BCUT2D eigenvalue weighted by atomic mass is 10.0. The van der Waals surface area contributed by atoms with Crippen LogP contribution in [-0.2, 0) is 15.8 Å². The number of likely N-dealkylation sites (tertiary alicyclic amines) is 1. The van der Waals surface area contributed by atoms with Crippen LogP contribution in [0.25, 0.3) is 4.91 Å². The molecule has 2 atom stereocenters. The van der Waals surface area contributed by atoms with Gasteiger partial charge in [0.2, 0.25) is 17.6 Å². The summed E-state index contributed by atoms with van der Waals surface area (Å²) in [5, 5.41) is 6.26. The topological polar surface area (TPSA) is 81.9 Å². The minimum atomic E-state index is -4.61. The molecule has 2 fully saturated rings. The van der Waals surface area contributed by atoms with E-state index in [-0.39, 0.29) is 29.1 Å². The van der Waals surface area contributed by atoms with Crippen molar-refractivity contribution in [2.75, 3.05) is 52.9 Å². The van der Waals surface area contributed by atoms with Crippen molar-refractivity contribution in [2.45, 2.75) is 43.7 Å². The summed E-state index contributed by atoms with van der Waals surface area (Å²) in [5.74, 6) is -1.19. The number of aromatic nitrogens is 1. The molecule has 1 aromatic rings. The standard InChI is InChI=1S/C22H30F3N5O3S/c1-14-19(27-33-20(14)22(23,24)25)16-5-6-17(34-16)21(32)30-7-3-4-15(12-30)26-18(31)13-29-10-8-28(2)9-11-29/h5,15,17H,3-4,6-13H2,1-2H3,(H,26,31). The molecule has 2 unspecified atom stereocenters. The molecule has 0 bridgehead atoms. The number of piperidine rings is 1.